The van der Waals surface area contributed by atoms with E-state index in [9.17, 15) is 9.59 Å². The summed E-state index contributed by atoms with van der Waals surface area (Å²) in [6.45, 7) is 7.14. The van der Waals surface area contributed by atoms with Crippen molar-refractivity contribution in [1.29, 1.82) is 0 Å². The number of primary amides is 1. The molecule has 0 aromatic rings. The summed E-state index contributed by atoms with van der Waals surface area (Å²) < 4.78 is 0. The average molecular weight is 266 g/mol. The van der Waals surface area contributed by atoms with Gasteiger partial charge in [0.15, 0.2) is 0 Å². The number of rotatable bonds is 6. The van der Waals surface area contributed by atoms with Gasteiger partial charge in [0.2, 0.25) is 11.8 Å². The van der Waals surface area contributed by atoms with Crippen LogP contribution in [0.1, 0.15) is 40.5 Å². The largest absolute Gasteiger partial charge is 0.368 e. The van der Waals surface area contributed by atoms with Gasteiger partial charge in [0, 0.05) is 12.0 Å². The molecule has 5 N–H and O–H groups in total. The first-order valence-electron chi connectivity index (χ1n) is 5.68. The van der Waals surface area contributed by atoms with E-state index in [2.05, 4.69) is 5.32 Å². The van der Waals surface area contributed by atoms with Gasteiger partial charge in [0.05, 0.1) is 0 Å². The van der Waals surface area contributed by atoms with Crippen molar-refractivity contribution in [1.82, 2.24) is 5.32 Å². The van der Waals surface area contributed by atoms with Crippen molar-refractivity contribution in [3.8, 4) is 0 Å². The van der Waals surface area contributed by atoms with E-state index in [1.54, 1.807) is 13.8 Å². The Morgan fingerprint density at radius 1 is 1.24 bits per heavy atom. The molecule has 0 aliphatic carbocycles. The Bertz CT molecular complexity index is 265. The predicted octanol–water partition coefficient (Wildman–Crippen LogP) is 0.552. The first-order chi connectivity index (χ1) is 7.30. The second kappa shape index (κ2) is 7.50. The van der Waals surface area contributed by atoms with Crippen molar-refractivity contribution in [2.45, 2.75) is 52.1 Å². The van der Waals surface area contributed by atoms with Gasteiger partial charge in [-0.2, -0.15) is 0 Å². The van der Waals surface area contributed by atoms with E-state index in [-0.39, 0.29) is 30.3 Å². The van der Waals surface area contributed by atoms with Crippen LogP contribution >= 0.6 is 12.4 Å². The summed E-state index contributed by atoms with van der Waals surface area (Å²) in [6.07, 6.45) is 0.965. The topological polar surface area (TPSA) is 98.2 Å². The van der Waals surface area contributed by atoms with Gasteiger partial charge in [-0.3, -0.25) is 9.59 Å². The van der Waals surface area contributed by atoms with E-state index >= 15 is 0 Å². The summed E-state index contributed by atoms with van der Waals surface area (Å²) in [6, 6.07) is -0.251. The molecule has 0 rings (SSSR count). The SMILES string of the molecule is CCC(CC)(NC(=O)C(C)C(C)N)C(N)=O.Cl. The third-order valence-electron chi connectivity index (χ3n) is 3.24. The molecule has 0 radical (unpaired) electrons. The number of amides is 2. The minimum atomic E-state index is -0.944. The maximum absolute atomic E-state index is 11.8. The van der Waals surface area contributed by atoms with E-state index in [1.165, 1.54) is 0 Å². The van der Waals surface area contributed by atoms with Crippen LogP contribution in [0.3, 0.4) is 0 Å². The molecule has 0 aliphatic rings. The number of nitrogens with one attached hydrogen (secondary N) is 1. The standard InChI is InChI=1S/C11H23N3O2.ClH/c1-5-11(6-2,10(13)16)14-9(15)7(3)8(4)12;/h7-8H,5-6,12H2,1-4H3,(H2,13,16)(H,14,15);1H. The molecule has 2 unspecified atom stereocenters. The van der Waals surface area contributed by atoms with Gasteiger partial charge in [-0.25, -0.2) is 0 Å². The Labute approximate surface area is 109 Å². The van der Waals surface area contributed by atoms with Crippen LogP contribution in [0.15, 0.2) is 0 Å². The van der Waals surface area contributed by atoms with Crippen molar-refractivity contribution >= 4 is 24.2 Å². The van der Waals surface area contributed by atoms with Gasteiger partial charge < -0.3 is 16.8 Å². The first-order valence-corrected chi connectivity index (χ1v) is 5.68. The lowest BCUT2D eigenvalue weighted by Crippen LogP contribution is -2.58. The van der Waals surface area contributed by atoms with Crippen LogP contribution in [0, 0.1) is 5.92 Å². The van der Waals surface area contributed by atoms with E-state index in [1.807, 2.05) is 13.8 Å². The fraction of sp³-hybridized carbons (Fsp3) is 0.818. The molecule has 0 heterocycles. The molecule has 0 aromatic heterocycles. The Balaban J connectivity index is 0. The second-order valence-electron chi connectivity index (χ2n) is 4.29. The van der Waals surface area contributed by atoms with Crippen LogP contribution in [-0.4, -0.2) is 23.4 Å². The summed E-state index contributed by atoms with van der Waals surface area (Å²) >= 11 is 0. The van der Waals surface area contributed by atoms with Gasteiger partial charge in [-0.1, -0.05) is 20.8 Å². The number of hydrogen-bond donors (Lipinski definition) is 3. The van der Waals surface area contributed by atoms with Gasteiger partial charge in [0.1, 0.15) is 5.54 Å². The highest BCUT2D eigenvalue weighted by Crippen LogP contribution is 2.16. The van der Waals surface area contributed by atoms with Crippen LogP contribution in [-0.2, 0) is 9.59 Å². The molecule has 0 saturated heterocycles. The summed E-state index contributed by atoms with van der Waals surface area (Å²) in [5.41, 5.74) is 10.0. The summed E-state index contributed by atoms with van der Waals surface area (Å²) in [5, 5.41) is 2.72. The molecule has 0 aromatic carbocycles. The molecule has 2 atom stereocenters. The minimum absolute atomic E-state index is 0. The molecule has 0 saturated carbocycles. The molecular formula is C11H24ClN3O2. The van der Waals surface area contributed by atoms with Crippen molar-refractivity contribution < 1.29 is 9.59 Å². The molecule has 102 valence electrons. The van der Waals surface area contributed by atoms with Gasteiger partial charge in [0.25, 0.3) is 0 Å². The molecule has 0 aliphatic heterocycles. The number of carbonyl (C=O) groups is 2. The molecule has 0 fully saturated rings. The fourth-order valence-electron chi connectivity index (χ4n) is 1.43. The van der Waals surface area contributed by atoms with Crippen LogP contribution < -0.4 is 16.8 Å². The van der Waals surface area contributed by atoms with Crippen molar-refractivity contribution in [3.63, 3.8) is 0 Å². The Kier molecular flexibility index (Phi) is 8.19. The number of halogens is 1. The van der Waals surface area contributed by atoms with Crippen LogP contribution in [0.25, 0.3) is 0 Å². The Morgan fingerprint density at radius 2 is 1.65 bits per heavy atom. The third kappa shape index (κ3) is 4.52. The van der Waals surface area contributed by atoms with Crippen LogP contribution in [0.4, 0.5) is 0 Å². The minimum Gasteiger partial charge on any atom is -0.368 e. The highest BCUT2D eigenvalue weighted by molar-refractivity contribution is 5.91. The second-order valence-corrected chi connectivity index (χ2v) is 4.29. The van der Waals surface area contributed by atoms with Crippen molar-refractivity contribution in [2.24, 2.45) is 17.4 Å². The summed E-state index contributed by atoms with van der Waals surface area (Å²) in [5.74, 6) is -1.06. The molecule has 6 heteroatoms. The summed E-state index contributed by atoms with van der Waals surface area (Å²) in [4.78, 5) is 23.2. The lowest BCUT2D eigenvalue weighted by Gasteiger charge is -2.31. The molecular weight excluding hydrogens is 242 g/mol. The van der Waals surface area contributed by atoms with Gasteiger partial charge in [-0.05, 0) is 19.8 Å². The van der Waals surface area contributed by atoms with E-state index in [0.29, 0.717) is 12.8 Å². The van der Waals surface area contributed by atoms with E-state index < -0.39 is 11.4 Å². The van der Waals surface area contributed by atoms with Crippen LogP contribution in [0.2, 0.25) is 0 Å². The molecule has 0 bridgehead atoms. The van der Waals surface area contributed by atoms with Gasteiger partial charge >= 0.3 is 0 Å². The monoisotopic (exact) mass is 265 g/mol. The molecule has 2 amide bonds. The maximum Gasteiger partial charge on any atom is 0.243 e. The maximum atomic E-state index is 11.8. The fourth-order valence-corrected chi connectivity index (χ4v) is 1.43. The normalized spacial score (nSPS) is 14.4. The highest BCUT2D eigenvalue weighted by Gasteiger charge is 2.35. The number of carbonyl (C=O) groups excluding carboxylic acids is 2. The lowest BCUT2D eigenvalue weighted by molar-refractivity contribution is -0.134. The van der Waals surface area contributed by atoms with Crippen molar-refractivity contribution in [3.05, 3.63) is 0 Å². The average Bonchev–Trinajstić information content (AvgIpc) is 2.23. The Morgan fingerprint density at radius 3 is 1.88 bits per heavy atom. The van der Waals surface area contributed by atoms with E-state index in [0.717, 1.165) is 0 Å². The van der Waals surface area contributed by atoms with E-state index in [4.69, 9.17) is 11.5 Å². The molecule has 17 heavy (non-hydrogen) atoms. The number of nitrogens with two attached hydrogens (primary N) is 2. The van der Waals surface area contributed by atoms with Gasteiger partial charge in [-0.15, -0.1) is 12.4 Å². The summed E-state index contributed by atoms with van der Waals surface area (Å²) in [7, 11) is 0. The van der Waals surface area contributed by atoms with Crippen molar-refractivity contribution in [2.75, 3.05) is 0 Å². The lowest BCUT2D eigenvalue weighted by atomic mass is 9.90. The zero-order valence-electron chi connectivity index (χ0n) is 10.9. The van der Waals surface area contributed by atoms with Crippen LogP contribution in [0.5, 0.6) is 0 Å². The molecule has 5 nitrogen and oxygen atoms in total. The Hall–Kier alpha value is -0.810. The first kappa shape index (κ1) is 18.6. The predicted molar refractivity (Wildman–Crippen MR) is 70.7 cm³/mol. The zero-order valence-corrected chi connectivity index (χ0v) is 11.8. The third-order valence-corrected chi connectivity index (χ3v) is 3.24. The number of hydrogen-bond acceptors (Lipinski definition) is 3. The smallest absolute Gasteiger partial charge is 0.243 e. The highest BCUT2D eigenvalue weighted by atomic mass is 35.5. The quantitative estimate of drug-likeness (QED) is 0.654. The zero-order chi connectivity index (χ0) is 12.9. The molecule has 0 spiro atoms.